The Hall–Kier alpha value is -0.990. The number of halogens is 1. The number of fused-ring (bicyclic) bond motifs is 1. The summed E-state index contributed by atoms with van der Waals surface area (Å²) in [6.45, 7) is 8.01. The molecule has 16 heavy (non-hydrogen) atoms. The smallest absolute Gasteiger partial charge is 0.126 e. The van der Waals surface area contributed by atoms with Crippen molar-refractivity contribution in [1.82, 2.24) is 5.32 Å². The second kappa shape index (κ2) is 5.92. The van der Waals surface area contributed by atoms with Crippen LogP contribution in [-0.2, 0) is 0 Å². The van der Waals surface area contributed by atoms with E-state index in [0.29, 0.717) is 6.61 Å². The van der Waals surface area contributed by atoms with Gasteiger partial charge in [-0.05, 0) is 24.6 Å². The van der Waals surface area contributed by atoms with Gasteiger partial charge in [-0.15, -0.1) is 12.4 Å². The molecule has 0 saturated carbocycles. The first-order valence-corrected chi connectivity index (χ1v) is 5.47. The molecule has 1 aromatic carbocycles. The molecule has 0 aliphatic carbocycles. The van der Waals surface area contributed by atoms with Crippen molar-refractivity contribution in [2.75, 3.05) is 13.2 Å². The fraction of sp³-hybridized carbons (Fsp3) is 0.385. The molecule has 3 heteroatoms. The van der Waals surface area contributed by atoms with Crippen LogP contribution in [0, 0.1) is 0 Å². The van der Waals surface area contributed by atoms with Crippen LogP contribution in [0.3, 0.4) is 0 Å². The fourth-order valence-electron chi connectivity index (χ4n) is 1.82. The lowest BCUT2D eigenvalue weighted by Crippen LogP contribution is -2.38. The van der Waals surface area contributed by atoms with Crippen LogP contribution in [-0.4, -0.2) is 19.2 Å². The molecule has 0 fully saturated rings. The van der Waals surface area contributed by atoms with Crippen LogP contribution in [0.15, 0.2) is 30.8 Å². The van der Waals surface area contributed by atoms with Gasteiger partial charge in [-0.3, -0.25) is 0 Å². The lowest BCUT2D eigenvalue weighted by atomic mass is 9.97. The first-order chi connectivity index (χ1) is 7.33. The molecule has 1 aromatic rings. The van der Waals surface area contributed by atoms with Crippen LogP contribution < -0.4 is 10.1 Å². The minimum absolute atomic E-state index is 0. The Morgan fingerprint density at radius 1 is 1.44 bits per heavy atom. The molecule has 0 unspecified atom stereocenters. The van der Waals surface area contributed by atoms with Gasteiger partial charge in [0, 0.05) is 5.56 Å². The molecule has 0 amide bonds. The summed E-state index contributed by atoms with van der Waals surface area (Å²) in [5.41, 5.74) is 2.28. The number of nitrogens with one attached hydrogen (secondary N) is 1. The van der Waals surface area contributed by atoms with E-state index in [1.165, 1.54) is 0 Å². The quantitative estimate of drug-likeness (QED) is 0.876. The van der Waals surface area contributed by atoms with E-state index >= 15 is 0 Å². The number of hydrogen-bond acceptors (Lipinski definition) is 2. The van der Waals surface area contributed by atoms with Gasteiger partial charge in [0.2, 0.25) is 0 Å². The molecule has 1 atom stereocenters. The number of hydrogen-bond donors (Lipinski definition) is 1. The third-order valence-electron chi connectivity index (χ3n) is 2.70. The number of rotatable bonds is 3. The Balaban J connectivity index is 0.00000128. The maximum atomic E-state index is 5.68. The third kappa shape index (κ3) is 2.57. The van der Waals surface area contributed by atoms with E-state index in [2.05, 4.69) is 24.9 Å². The van der Waals surface area contributed by atoms with E-state index in [1.54, 1.807) is 0 Å². The van der Waals surface area contributed by atoms with Gasteiger partial charge >= 0.3 is 0 Å². The van der Waals surface area contributed by atoms with Crippen molar-refractivity contribution in [3.8, 4) is 5.75 Å². The van der Waals surface area contributed by atoms with E-state index in [9.17, 15) is 0 Å². The lowest BCUT2D eigenvalue weighted by molar-refractivity contribution is 0.278. The monoisotopic (exact) mass is 239 g/mol. The molecule has 1 heterocycles. The highest BCUT2D eigenvalue weighted by molar-refractivity contribution is 5.85. The second-order valence-corrected chi connectivity index (χ2v) is 3.84. The van der Waals surface area contributed by atoms with Gasteiger partial charge in [-0.25, -0.2) is 0 Å². The number of para-hydroxylation sites is 1. The normalized spacial score (nSPS) is 18.3. The number of ether oxygens (including phenoxy) is 1. The molecule has 0 spiro atoms. The molecule has 0 radical (unpaired) electrons. The Morgan fingerprint density at radius 2 is 2.19 bits per heavy atom. The first-order valence-electron chi connectivity index (χ1n) is 5.47. The molecule has 88 valence electrons. The van der Waals surface area contributed by atoms with E-state index < -0.39 is 0 Å². The van der Waals surface area contributed by atoms with E-state index in [4.69, 9.17) is 4.74 Å². The maximum absolute atomic E-state index is 5.68. The molecule has 0 saturated heterocycles. The Bertz CT molecular complexity index is 365. The maximum Gasteiger partial charge on any atom is 0.126 e. The summed E-state index contributed by atoms with van der Waals surface area (Å²) in [4.78, 5) is 0. The summed E-state index contributed by atoms with van der Waals surface area (Å²) in [5, 5.41) is 3.44. The molecular weight excluding hydrogens is 222 g/mol. The summed E-state index contributed by atoms with van der Waals surface area (Å²) in [7, 11) is 0. The SMILES string of the molecule is C=C1c2ccccc2OC[C@@H]1NCCC.Cl. The first kappa shape index (κ1) is 13.1. The largest absolute Gasteiger partial charge is 0.491 e. The zero-order valence-corrected chi connectivity index (χ0v) is 10.3. The minimum Gasteiger partial charge on any atom is -0.491 e. The van der Waals surface area contributed by atoms with Crippen molar-refractivity contribution < 1.29 is 4.74 Å². The highest BCUT2D eigenvalue weighted by Crippen LogP contribution is 2.31. The predicted molar refractivity (Wildman–Crippen MR) is 70.3 cm³/mol. The summed E-state index contributed by atoms with van der Waals surface area (Å²) in [6.07, 6.45) is 1.13. The average Bonchev–Trinajstić information content (AvgIpc) is 2.29. The molecule has 0 bridgehead atoms. The summed E-state index contributed by atoms with van der Waals surface area (Å²) in [6, 6.07) is 8.34. The third-order valence-corrected chi connectivity index (χ3v) is 2.70. The van der Waals surface area contributed by atoms with Crippen molar-refractivity contribution in [2.45, 2.75) is 19.4 Å². The molecule has 1 aliphatic heterocycles. The topological polar surface area (TPSA) is 21.3 Å². The van der Waals surface area contributed by atoms with E-state index in [-0.39, 0.29) is 18.4 Å². The predicted octanol–water partition coefficient (Wildman–Crippen LogP) is 2.88. The Labute approximate surface area is 103 Å². The molecule has 1 N–H and O–H groups in total. The van der Waals surface area contributed by atoms with Gasteiger partial charge in [0.25, 0.3) is 0 Å². The van der Waals surface area contributed by atoms with Crippen molar-refractivity contribution >= 4 is 18.0 Å². The molecule has 2 rings (SSSR count). The Kier molecular flexibility index (Phi) is 4.84. The van der Waals surface area contributed by atoms with Gasteiger partial charge in [-0.2, -0.15) is 0 Å². The summed E-state index contributed by atoms with van der Waals surface area (Å²) >= 11 is 0. The van der Waals surface area contributed by atoms with E-state index in [0.717, 1.165) is 29.9 Å². The van der Waals surface area contributed by atoms with Gasteiger partial charge in [0.05, 0.1) is 6.04 Å². The molecule has 1 aliphatic rings. The van der Waals surface area contributed by atoms with Crippen LogP contribution in [0.1, 0.15) is 18.9 Å². The summed E-state index contributed by atoms with van der Waals surface area (Å²) in [5.74, 6) is 0.956. The van der Waals surface area contributed by atoms with Crippen LogP contribution >= 0.6 is 12.4 Å². The standard InChI is InChI=1S/C13H17NO.ClH/c1-3-8-14-12-9-15-13-7-5-4-6-11(13)10(12)2;/h4-7,12,14H,2-3,8-9H2,1H3;1H/t12-;/m0./s1. The highest BCUT2D eigenvalue weighted by Gasteiger charge is 2.22. The summed E-state index contributed by atoms with van der Waals surface area (Å²) < 4.78 is 5.68. The lowest BCUT2D eigenvalue weighted by Gasteiger charge is -2.28. The van der Waals surface area contributed by atoms with E-state index in [1.807, 2.05) is 18.2 Å². The van der Waals surface area contributed by atoms with Crippen LogP contribution in [0.4, 0.5) is 0 Å². The van der Waals surface area contributed by atoms with Crippen molar-refractivity contribution in [3.05, 3.63) is 36.4 Å². The van der Waals surface area contributed by atoms with Gasteiger partial charge in [0.1, 0.15) is 12.4 Å². The highest BCUT2D eigenvalue weighted by atomic mass is 35.5. The molecule has 2 nitrogen and oxygen atoms in total. The van der Waals surface area contributed by atoms with Crippen molar-refractivity contribution in [3.63, 3.8) is 0 Å². The van der Waals surface area contributed by atoms with Gasteiger partial charge in [-0.1, -0.05) is 31.7 Å². The van der Waals surface area contributed by atoms with Crippen molar-refractivity contribution in [1.29, 1.82) is 0 Å². The zero-order chi connectivity index (χ0) is 10.7. The second-order valence-electron chi connectivity index (χ2n) is 3.84. The van der Waals surface area contributed by atoms with Crippen LogP contribution in [0.5, 0.6) is 5.75 Å². The van der Waals surface area contributed by atoms with Gasteiger partial charge in [0.15, 0.2) is 0 Å². The van der Waals surface area contributed by atoms with Crippen LogP contribution in [0.2, 0.25) is 0 Å². The zero-order valence-electron chi connectivity index (χ0n) is 9.53. The minimum atomic E-state index is 0. The number of benzene rings is 1. The van der Waals surface area contributed by atoms with Gasteiger partial charge < -0.3 is 10.1 Å². The average molecular weight is 240 g/mol. The van der Waals surface area contributed by atoms with Crippen molar-refractivity contribution in [2.24, 2.45) is 0 Å². The Morgan fingerprint density at radius 3 is 2.94 bits per heavy atom. The van der Waals surface area contributed by atoms with Crippen LogP contribution in [0.25, 0.3) is 5.57 Å². The fourth-order valence-corrected chi connectivity index (χ4v) is 1.82. The molecule has 0 aromatic heterocycles. The molecular formula is C13H18ClNO.